The number of nitrogens with one attached hydrogen (secondary N) is 1. The van der Waals surface area contributed by atoms with Crippen LogP contribution in [0.3, 0.4) is 0 Å². The van der Waals surface area contributed by atoms with Gasteiger partial charge in [-0.25, -0.2) is 0 Å². The van der Waals surface area contributed by atoms with Gasteiger partial charge in [-0.1, -0.05) is 20.8 Å². The predicted octanol–water partition coefficient (Wildman–Crippen LogP) is -0.731. The fourth-order valence-electron chi connectivity index (χ4n) is 11.5. The summed E-state index contributed by atoms with van der Waals surface area (Å²) in [5, 5.41) is 92.7. The summed E-state index contributed by atoms with van der Waals surface area (Å²) < 4.78 is 0. The van der Waals surface area contributed by atoms with Crippen LogP contribution in [0.2, 0.25) is 0 Å². The molecular weight excluding hydrogens is 720 g/mol. The predicted molar refractivity (Wildman–Crippen MR) is 197 cm³/mol. The molecule has 4 rings (SSSR count). The number of carbonyl (C=O) groups is 4. The third-order valence-electron chi connectivity index (χ3n) is 14.1. The van der Waals surface area contributed by atoms with E-state index in [9.17, 15) is 65.1 Å². The summed E-state index contributed by atoms with van der Waals surface area (Å²) in [5.74, 6) is -2.84. The number of aliphatic hydroxyl groups is 6. The van der Waals surface area contributed by atoms with E-state index in [1.54, 1.807) is 4.90 Å². The Morgan fingerprint density at radius 3 is 1.87 bits per heavy atom. The zero-order chi connectivity index (χ0) is 40.8. The van der Waals surface area contributed by atoms with Crippen molar-refractivity contribution < 1.29 is 65.1 Å². The van der Waals surface area contributed by atoms with Crippen molar-refractivity contribution in [2.75, 3.05) is 58.9 Å². The molecule has 4 aliphatic carbocycles. The van der Waals surface area contributed by atoms with E-state index >= 15 is 0 Å². The normalized spacial score (nSPS) is 33.8. The molecule has 4 fully saturated rings. The van der Waals surface area contributed by atoms with Crippen LogP contribution >= 0.6 is 0 Å². The molecule has 4 aliphatic rings. The molecule has 0 aliphatic heterocycles. The van der Waals surface area contributed by atoms with Gasteiger partial charge >= 0.3 is 17.9 Å². The van der Waals surface area contributed by atoms with Crippen LogP contribution in [-0.4, -0.2) is 174 Å². The highest BCUT2D eigenvalue weighted by Gasteiger charge is 2.65. The molecule has 316 valence electrons. The van der Waals surface area contributed by atoms with Crippen molar-refractivity contribution in [3.8, 4) is 0 Å². The Kier molecular flexibility index (Phi) is 15.9. The van der Waals surface area contributed by atoms with E-state index in [-0.39, 0.29) is 105 Å². The Morgan fingerprint density at radius 1 is 0.727 bits per heavy atom. The van der Waals surface area contributed by atoms with E-state index in [0.29, 0.717) is 32.1 Å². The topological polar surface area (TPSA) is 272 Å². The number of carboxylic acid groups (broad SMARTS) is 3. The van der Waals surface area contributed by atoms with Crippen LogP contribution in [0, 0.1) is 46.3 Å². The molecule has 17 heteroatoms. The first-order chi connectivity index (χ1) is 25.7. The maximum absolute atomic E-state index is 13.6. The lowest BCUT2D eigenvalue weighted by Gasteiger charge is -2.63. The van der Waals surface area contributed by atoms with E-state index < -0.39 is 61.2 Å². The Balaban J connectivity index is 1.42. The minimum atomic E-state index is -1.75. The van der Waals surface area contributed by atoms with Crippen molar-refractivity contribution in [1.29, 1.82) is 0 Å². The van der Waals surface area contributed by atoms with Crippen molar-refractivity contribution in [2.45, 2.75) is 109 Å². The second-order valence-electron chi connectivity index (χ2n) is 17.5. The van der Waals surface area contributed by atoms with Crippen molar-refractivity contribution in [2.24, 2.45) is 46.3 Å². The summed E-state index contributed by atoms with van der Waals surface area (Å²) in [6.45, 7) is 5.12. The van der Waals surface area contributed by atoms with E-state index in [2.05, 4.69) is 26.1 Å². The summed E-state index contributed by atoms with van der Waals surface area (Å²) in [4.78, 5) is 52.0. The Labute approximate surface area is 323 Å². The van der Waals surface area contributed by atoms with Crippen LogP contribution in [0.5, 0.6) is 0 Å². The maximum atomic E-state index is 13.6. The number of rotatable bonds is 21. The second-order valence-corrected chi connectivity index (χ2v) is 17.5. The van der Waals surface area contributed by atoms with Crippen LogP contribution in [-0.2, 0) is 19.2 Å². The molecule has 17 nitrogen and oxygen atoms in total. The molecule has 0 aromatic rings. The first-order valence-electron chi connectivity index (χ1n) is 19.9. The number of aliphatic carboxylic acids is 3. The van der Waals surface area contributed by atoms with E-state index in [0.717, 1.165) is 19.3 Å². The maximum Gasteiger partial charge on any atom is 0.317 e. The van der Waals surface area contributed by atoms with Crippen LogP contribution in [0.25, 0.3) is 0 Å². The third kappa shape index (κ3) is 11.3. The van der Waals surface area contributed by atoms with Crippen molar-refractivity contribution in [3.05, 3.63) is 0 Å². The van der Waals surface area contributed by atoms with Gasteiger partial charge in [-0.15, -0.1) is 0 Å². The van der Waals surface area contributed by atoms with Gasteiger partial charge in [0, 0.05) is 51.7 Å². The van der Waals surface area contributed by atoms with Crippen molar-refractivity contribution in [1.82, 2.24) is 20.0 Å². The third-order valence-corrected chi connectivity index (χ3v) is 14.1. The Bertz CT molecular complexity index is 1300. The molecule has 0 aromatic heterocycles. The quantitative estimate of drug-likeness (QED) is 0.0643. The zero-order valence-electron chi connectivity index (χ0n) is 32.6. The molecule has 0 spiro atoms. The number of fused-ring (bicyclic) bond motifs is 5. The van der Waals surface area contributed by atoms with Crippen LogP contribution in [0.15, 0.2) is 0 Å². The fraction of sp³-hybridized carbons (Fsp3) is 0.895. The summed E-state index contributed by atoms with van der Waals surface area (Å²) in [6, 6.07) is -0.179. The average Bonchev–Trinajstić information content (AvgIpc) is 3.43. The number of carbonyl (C=O) groups excluding carboxylic acids is 1. The Hall–Kier alpha value is -2.48. The van der Waals surface area contributed by atoms with Gasteiger partial charge in [-0.2, -0.15) is 0 Å². The molecule has 0 aromatic carbocycles. The van der Waals surface area contributed by atoms with Crippen LogP contribution in [0.1, 0.15) is 78.6 Å². The molecule has 0 heterocycles. The van der Waals surface area contributed by atoms with Crippen LogP contribution < -0.4 is 5.32 Å². The van der Waals surface area contributed by atoms with Gasteiger partial charge in [0.15, 0.2) is 12.6 Å². The van der Waals surface area contributed by atoms with Gasteiger partial charge in [0.1, 0.15) is 0 Å². The smallest absolute Gasteiger partial charge is 0.317 e. The molecule has 0 saturated heterocycles. The molecule has 4 saturated carbocycles. The number of amides is 1. The summed E-state index contributed by atoms with van der Waals surface area (Å²) in [5.41, 5.74) is -0.548. The molecule has 55 heavy (non-hydrogen) atoms. The van der Waals surface area contributed by atoms with Crippen molar-refractivity contribution in [3.63, 3.8) is 0 Å². The summed E-state index contributed by atoms with van der Waals surface area (Å²) in [6.07, 6.45) is 1.15. The molecular formula is C38H66N4O13. The highest BCUT2D eigenvalue weighted by molar-refractivity contribution is 5.78. The minimum Gasteiger partial charge on any atom is -0.481 e. The fourth-order valence-corrected chi connectivity index (χ4v) is 11.5. The molecule has 11 atom stereocenters. The minimum absolute atomic E-state index is 0.00924. The van der Waals surface area contributed by atoms with E-state index in [1.165, 1.54) is 9.80 Å². The SMILES string of the molecule is CC(CCC(=O)O)[C@H]1CCC2C3C(O)CC4CC(NC(=O)CN(CCN(CC(=O)O)CC(=O)O)CCN(CC(O)O)CC(O)O)CC[C@]4(C)C3CC(O)[C@@]21C. The van der Waals surface area contributed by atoms with Gasteiger partial charge in [-0.05, 0) is 97.7 Å². The summed E-state index contributed by atoms with van der Waals surface area (Å²) >= 11 is 0. The van der Waals surface area contributed by atoms with E-state index in [1.807, 2.05) is 0 Å². The zero-order valence-corrected chi connectivity index (χ0v) is 32.6. The molecule has 0 bridgehead atoms. The number of carboxylic acids is 3. The molecule has 8 unspecified atom stereocenters. The van der Waals surface area contributed by atoms with Crippen molar-refractivity contribution >= 4 is 23.8 Å². The highest BCUT2D eigenvalue weighted by atomic mass is 16.5. The summed E-state index contributed by atoms with van der Waals surface area (Å²) in [7, 11) is 0. The number of hydrogen-bond donors (Lipinski definition) is 10. The highest BCUT2D eigenvalue weighted by Crippen LogP contribution is 2.68. The largest absolute Gasteiger partial charge is 0.481 e. The Morgan fingerprint density at radius 2 is 1.31 bits per heavy atom. The number of hydrogen-bond acceptors (Lipinski definition) is 13. The van der Waals surface area contributed by atoms with Gasteiger partial charge in [0.2, 0.25) is 5.91 Å². The average molecular weight is 787 g/mol. The first-order valence-corrected chi connectivity index (χ1v) is 19.9. The number of aliphatic hydroxyl groups excluding tert-OH is 4. The molecule has 10 N–H and O–H groups in total. The van der Waals surface area contributed by atoms with Gasteiger partial charge in [0.25, 0.3) is 0 Å². The molecule has 0 radical (unpaired) electrons. The lowest BCUT2D eigenvalue weighted by Crippen LogP contribution is -2.63. The molecule has 1 amide bonds. The van der Waals surface area contributed by atoms with Crippen LogP contribution in [0.4, 0.5) is 0 Å². The standard InChI is InChI=1S/C38H66N4O13/c1-22(4-7-31(46)47)25-5-6-26-36-27(16-29(44)38(25,26)3)37(2)9-8-24(14-23(37)15-28(36)43)39-30(45)17-40(10-12-41(18-32(48)49)19-33(50)51)11-13-42(20-34(52)53)21-35(54)55/h22-29,32-33,36,43-44,48-51H,4-21H2,1-3H3,(H,39,45)(H,46,47)(H,52,53)(H,54,55)/t22?,23?,24?,25-,26?,27?,28?,29?,36?,37+,38-/m1/s1. The van der Waals surface area contributed by atoms with Gasteiger partial charge in [-0.3, -0.25) is 33.9 Å². The van der Waals surface area contributed by atoms with Gasteiger partial charge < -0.3 is 51.3 Å². The second kappa shape index (κ2) is 19.3. The van der Waals surface area contributed by atoms with E-state index in [4.69, 9.17) is 0 Å². The number of nitrogens with zero attached hydrogens (tertiary/aromatic N) is 3. The monoisotopic (exact) mass is 786 g/mol. The first kappa shape index (κ1) is 45.2. The lowest BCUT2D eigenvalue weighted by molar-refractivity contribution is -0.202. The lowest BCUT2D eigenvalue weighted by atomic mass is 9.43. The van der Waals surface area contributed by atoms with Gasteiger partial charge in [0.05, 0.1) is 31.8 Å².